The normalized spacial score (nSPS) is 11.1. The highest BCUT2D eigenvalue weighted by atomic mass is 32.2. The Morgan fingerprint density at radius 1 is 1.35 bits per heavy atom. The molecule has 0 aromatic heterocycles. The van der Waals surface area contributed by atoms with Gasteiger partial charge in [-0.25, -0.2) is 22.7 Å². The Morgan fingerprint density at radius 3 is 2.35 bits per heavy atom. The third-order valence-electron chi connectivity index (χ3n) is 1.94. The molecular formula is C9H10FNO5S. The van der Waals surface area contributed by atoms with E-state index >= 15 is 0 Å². The predicted molar refractivity (Wildman–Crippen MR) is 55.7 cm³/mol. The number of rotatable bonds is 3. The van der Waals surface area contributed by atoms with Crippen LogP contribution in [0.5, 0.6) is 5.75 Å². The van der Waals surface area contributed by atoms with E-state index in [1.54, 1.807) is 0 Å². The second kappa shape index (κ2) is 4.68. The summed E-state index contributed by atoms with van der Waals surface area (Å²) in [5.74, 6) is -2.43. The Kier molecular flexibility index (Phi) is 3.69. The summed E-state index contributed by atoms with van der Waals surface area (Å²) in [6.45, 7) is 0. The van der Waals surface area contributed by atoms with E-state index < -0.39 is 32.5 Å². The lowest BCUT2D eigenvalue weighted by Crippen LogP contribution is -2.15. The molecule has 0 heterocycles. The van der Waals surface area contributed by atoms with Crippen LogP contribution in [-0.2, 0) is 14.8 Å². The lowest BCUT2D eigenvalue weighted by Gasteiger charge is -2.09. The van der Waals surface area contributed by atoms with E-state index in [0.717, 1.165) is 26.4 Å². The zero-order valence-electron chi connectivity index (χ0n) is 9.06. The Bertz CT molecular complexity index is 555. The van der Waals surface area contributed by atoms with Crippen LogP contribution in [0.1, 0.15) is 10.4 Å². The molecule has 94 valence electrons. The van der Waals surface area contributed by atoms with E-state index in [9.17, 15) is 17.6 Å². The molecule has 0 spiro atoms. The molecule has 17 heavy (non-hydrogen) atoms. The van der Waals surface area contributed by atoms with Crippen molar-refractivity contribution < 1.29 is 27.1 Å². The summed E-state index contributed by atoms with van der Waals surface area (Å²) in [6, 6.07) is 1.70. The Morgan fingerprint density at radius 2 is 1.94 bits per heavy atom. The van der Waals surface area contributed by atoms with E-state index in [1.807, 2.05) is 0 Å². The minimum Gasteiger partial charge on any atom is -0.492 e. The van der Waals surface area contributed by atoms with Gasteiger partial charge < -0.3 is 9.47 Å². The van der Waals surface area contributed by atoms with Gasteiger partial charge in [-0.15, -0.1) is 0 Å². The number of esters is 1. The number of nitrogens with two attached hydrogens (primary N) is 1. The molecule has 0 saturated carbocycles. The van der Waals surface area contributed by atoms with Crippen LogP contribution in [0.15, 0.2) is 17.0 Å². The van der Waals surface area contributed by atoms with Crippen molar-refractivity contribution in [2.24, 2.45) is 5.14 Å². The van der Waals surface area contributed by atoms with Crippen LogP contribution in [0, 0.1) is 5.82 Å². The minimum absolute atomic E-state index is 0.269. The highest BCUT2D eigenvalue weighted by Crippen LogP contribution is 2.27. The molecule has 0 fully saturated rings. The number of methoxy groups -OCH3 is 2. The lowest BCUT2D eigenvalue weighted by molar-refractivity contribution is 0.0599. The molecule has 0 radical (unpaired) electrons. The van der Waals surface area contributed by atoms with Gasteiger partial charge in [-0.05, 0) is 12.1 Å². The first kappa shape index (κ1) is 13.4. The van der Waals surface area contributed by atoms with Gasteiger partial charge in [0, 0.05) is 0 Å². The second-order valence-electron chi connectivity index (χ2n) is 3.03. The maximum atomic E-state index is 13.5. The average molecular weight is 263 g/mol. The Balaban J connectivity index is 3.56. The number of sulfonamides is 1. The summed E-state index contributed by atoms with van der Waals surface area (Å²) in [5.41, 5.74) is -0.269. The summed E-state index contributed by atoms with van der Waals surface area (Å²) in [6.07, 6.45) is 0. The molecule has 0 unspecified atom stereocenters. The maximum Gasteiger partial charge on any atom is 0.337 e. The first-order valence-corrected chi connectivity index (χ1v) is 5.84. The summed E-state index contributed by atoms with van der Waals surface area (Å²) in [7, 11) is -2.03. The molecule has 0 aliphatic carbocycles. The van der Waals surface area contributed by atoms with Crippen molar-refractivity contribution in [1.29, 1.82) is 0 Å². The number of ether oxygens (including phenoxy) is 2. The fourth-order valence-corrected chi connectivity index (χ4v) is 1.94. The molecule has 6 nitrogen and oxygen atoms in total. The fourth-order valence-electron chi connectivity index (χ4n) is 1.21. The van der Waals surface area contributed by atoms with Gasteiger partial charge in [-0.1, -0.05) is 0 Å². The number of carbonyl (C=O) groups excluding carboxylic acids is 1. The molecule has 8 heteroatoms. The summed E-state index contributed by atoms with van der Waals surface area (Å²) >= 11 is 0. The quantitative estimate of drug-likeness (QED) is 0.789. The largest absolute Gasteiger partial charge is 0.492 e. The molecule has 0 atom stereocenters. The predicted octanol–water partition coefficient (Wildman–Crippen LogP) is 0.268. The van der Waals surface area contributed by atoms with Crippen LogP contribution in [0.2, 0.25) is 0 Å². The van der Waals surface area contributed by atoms with Crippen molar-refractivity contribution in [3.63, 3.8) is 0 Å². The number of hydrogen-bond donors (Lipinski definition) is 1. The number of primary sulfonamides is 1. The zero-order chi connectivity index (χ0) is 13.2. The molecule has 0 amide bonds. The second-order valence-corrected chi connectivity index (χ2v) is 4.56. The van der Waals surface area contributed by atoms with Gasteiger partial charge >= 0.3 is 5.97 Å². The summed E-state index contributed by atoms with van der Waals surface area (Å²) in [5, 5.41) is 4.89. The highest BCUT2D eigenvalue weighted by molar-refractivity contribution is 7.89. The van der Waals surface area contributed by atoms with Crippen molar-refractivity contribution in [2.45, 2.75) is 4.90 Å². The van der Waals surface area contributed by atoms with Crippen LogP contribution in [-0.4, -0.2) is 28.6 Å². The Labute approximate surface area is 97.2 Å². The van der Waals surface area contributed by atoms with Crippen LogP contribution < -0.4 is 9.88 Å². The van der Waals surface area contributed by atoms with Crippen LogP contribution in [0.4, 0.5) is 4.39 Å². The van der Waals surface area contributed by atoms with E-state index in [1.165, 1.54) is 0 Å². The van der Waals surface area contributed by atoms with Crippen LogP contribution in [0.3, 0.4) is 0 Å². The molecule has 1 aromatic rings. The van der Waals surface area contributed by atoms with Gasteiger partial charge in [0.1, 0.15) is 4.90 Å². The van der Waals surface area contributed by atoms with Gasteiger partial charge in [0.15, 0.2) is 11.6 Å². The highest BCUT2D eigenvalue weighted by Gasteiger charge is 2.22. The van der Waals surface area contributed by atoms with Crippen LogP contribution in [0.25, 0.3) is 0 Å². The smallest absolute Gasteiger partial charge is 0.337 e. The lowest BCUT2D eigenvalue weighted by atomic mass is 10.2. The average Bonchev–Trinajstić information content (AvgIpc) is 2.25. The van der Waals surface area contributed by atoms with Gasteiger partial charge in [0.05, 0.1) is 19.8 Å². The standard InChI is InChI=1S/C9H10FNO5S/c1-15-8-6(10)3-5(9(12)16-2)4-7(8)17(11,13)14/h3-4H,1-2H3,(H2,11,13,14). The first-order chi connectivity index (χ1) is 7.81. The molecular weight excluding hydrogens is 253 g/mol. The van der Waals surface area contributed by atoms with Crippen molar-refractivity contribution in [1.82, 2.24) is 0 Å². The molecule has 0 aliphatic rings. The SMILES string of the molecule is COC(=O)c1cc(F)c(OC)c(S(N)(=O)=O)c1. The van der Waals surface area contributed by atoms with Crippen molar-refractivity contribution in [2.75, 3.05) is 14.2 Å². The maximum absolute atomic E-state index is 13.5. The topological polar surface area (TPSA) is 95.7 Å². The van der Waals surface area contributed by atoms with Crippen molar-refractivity contribution >= 4 is 16.0 Å². The van der Waals surface area contributed by atoms with Gasteiger partial charge in [0.2, 0.25) is 10.0 Å². The van der Waals surface area contributed by atoms with Gasteiger partial charge in [0.25, 0.3) is 0 Å². The molecule has 2 N–H and O–H groups in total. The van der Waals surface area contributed by atoms with Crippen molar-refractivity contribution in [3.8, 4) is 5.75 Å². The number of benzene rings is 1. The van der Waals surface area contributed by atoms with Gasteiger partial charge in [-0.2, -0.15) is 0 Å². The van der Waals surface area contributed by atoms with E-state index in [0.29, 0.717) is 0 Å². The third kappa shape index (κ3) is 2.71. The van der Waals surface area contributed by atoms with E-state index in [2.05, 4.69) is 9.47 Å². The monoisotopic (exact) mass is 263 g/mol. The summed E-state index contributed by atoms with van der Waals surface area (Å²) in [4.78, 5) is 10.6. The molecule has 0 bridgehead atoms. The molecule has 1 rings (SSSR count). The molecule has 0 saturated heterocycles. The fraction of sp³-hybridized carbons (Fsp3) is 0.222. The zero-order valence-corrected chi connectivity index (χ0v) is 9.88. The number of hydrogen-bond acceptors (Lipinski definition) is 5. The number of carbonyl (C=O) groups is 1. The molecule has 0 aliphatic heterocycles. The van der Waals surface area contributed by atoms with Gasteiger partial charge in [-0.3, -0.25) is 0 Å². The first-order valence-electron chi connectivity index (χ1n) is 4.30. The van der Waals surface area contributed by atoms with E-state index in [4.69, 9.17) is 5.14 Å². The number of halogens is 1. The van der Waals surface area contributed by atoms with Crippen molar-refractivity contribution in [3.05, 3.63) is 23.5 Å². The Hall–Kier alpha value is -1.67. The summed E-state index contributed by atoms with van der Waals surface area (Å²) < 4.78 is 44.8. The third-order valence-corrected chi connectivity index (χ3v) is 2.86. The minimum atomic E-state index is -4.21. The molecule has 1 aromatic carbocycles. The van der Waals surface area contributed by atoms with Crippen LogP contribution >= 0.6 is 0 Å². The van der Waals surface area contributed by atoms with E-state index in [-0.39, 0.29) is 5.56 Å².